The first kappa shape index (κ1) is 17.7. The first-order chi connectivity index (χ1) is 10.6. The highest BCUT2D eigenvalue weighted by molar-refractivity contribution is 5.44. The standard InChI is InChI=1S/C21H30N2/c1-13(2)17-7-15(5)9-19(11-17)21(22,23)20-10-16(6)8-18(12-20)14(3)4/h7-14H,22-23H2,1-6H3. The van der Waals surface area contributed by atoms with Crippen molar-refractivity contribution in [2.75, 3.05) is 0 Å². The van der Waals surface area contributed by atoms with Crippen molar-refractivity contribution in [2.45, 2.75) is 59.0 Å². The Morgan fingerprint density at radius 2 is 1.00 bits per heavy atom. The van der Waals surface area contributed by atoms with Gasteiger partial charge in [-0.1, -0.05) is 75.2 Å². The van der Waals surface area contributed by atoms with Crippen LogP contribution in [0.15, 0.2) is 36.4 Å². The predicted octanol–water partition coefficient (Wildman–Crippen LogP) is 4.67. The van der Waals surface area contributed by atoms with Gasteiger partial charge < -0.3 is 11.5 Å². The maximum Gasteiger partial charge on any atom is 0.116 e. The van der Waals surface area contributed by atoms with Gasteiger partial charge in [0.15, 0.2) is 0 Å². The van der Waals surface area contributed by atoms with Gasteiger partial charge in [0.25, 0.3) is 0 Å². The van der Waals surface area contributed by atoms with Crippen molar-refractivity contribution in [2.24, 2.45) is 11.5 Å². The molecule has 2 heteroatoms. The molecule has 0 bridgehead atoms. The molecule has 2 aromatic carbocycles. The molecular formula is C21H30N2. The lowest BCUT2D eigenvalue weighted by molar-refractivity contribution is 0.563. The number of rotatable bonds is 4. The minimum Gasteiger partial charge on any atom is -0.306 e. The van der Waals surface area contributed by atoms with Crippen LogP contribution in [0.3, 0.4) is 0 Å². The van der Waals surface area contributed by atoms with Crippen LogP contribution in [0, 0.1) is 13.8 Å². The molecular weight excluding hydrogens is 280 g/mol. The van der Waals surface area contributed by atoms with Crippen molar-refractivity contribution in [3.63, 3.8) is 0 Å². The minimum absolute atomic E-state index is 0.452. The molecule has 2 rings (SSSR count). The number of hydrogen-bond acceptors (Lipinski definition) is 2. The molecule has 0 unspecified atom stereocenters. The van der Waals surface area contributed by atoms with Gasteiger partial charge in [-0.3, -0.25) is 0 Å². The van der Waals surface area contributed by atoms with Gasteiger partial charge in [0.2, 0.25) is 0 Å². The minimum atomic E-state index is -0.981. The molecule has 0 heterocycles. The van der Waals surface area contributed by atoms with E-state index in [2.05, 4.69) is 77.9 Å². The van der Waals surface area contributed by atoms with Crippen molar-refractivity contribution in [3.05, 3.63) is 69.8 Å². The normalized spacial score (nSPS) is 12.3. The highest BCUT2D eigenvalue weighted by Gasteiger charge is 2.26. The quantitative estimate of drug-likeness (QED) is 0.806. The first-order valence-electron chi connectivity index (χ1n) is 8.43. The summed E-state index contributed by atoms with van der Waals surface area (Å²) in [5.41, 5.74) is 19.1. The fraction of sp³-hybridized carbons (Fsp3) is 0.429. The van der Waals surface area contributed by atoms with Crippen LogP contribution in [-0.2, 0) is 5.66 Å². The van der Waals surface area contributed by atoms with E-state index in [-0.39, 0.29) is 0 Å². The Kier molecular flexibility index (Phi) is 4.98. The third-order valence-corrected chi connectivity index (χ3v) is 4.49. The maximum atomic E-state index is 6.61. The van der Waals surface area contributed by atoms with Crippen LogP contribution in [-0.4, -0.2) is 0 Å². The largest absolute Gasteiger partial charge is 0.306 e. The first-order valence-corrected chi connectivity index (χ1v) is 8.43. The zero-order valence-electron chi connectivity index (χ0n) is 15.3. The molecule has 0 radical (unpaired) electrons. The van der Waals surface area contributed by atoms with Crippen LogP contribution < -0.4 is 11.5 Å². The molecule has 0 spiro atoms. The lowest BCUT2D eigenvalue weighted by Crippen LogP contribution is -2.47. The van der Waals surface area contributed by atoms with Gasteiger partial charge in [0.1, 0.15) is 5.66 Å². The Morgan fingerprint density at radius 3 is 1.30 bits per heavy atom. The van der Waals surface area contributed by atoms with E-state index >= 15 is 0 Å². The summed E-state index contributed by atoms with van der Waals surface area (Å²) in [6.45, 7) is 13.0. The zero-order valence-corrected chi connectivity index (χ0v) is 15.3. The molecule has 0 aromatic heterocycles. The van der Waals surface area contributed by atoms with Gasteiger partial charge in [-0.05, 0) is 47.9 Å². The van der Waals surface area contributed by atoms with Crippen molar-refractivity contribution in [1.82, 2.24) is 0 Å². The molecule has 2 nitrogen and oxygen atoms in total. The second-order valence-corrected chi connectivity index (χ2v) is 7.44. The molecule has 0 aliphatic heterocycles. The Bertz CT molecular complexity index is 637. The Morgan fingerprint density at radius 1 is 0.652 bits per heavy atom. The molecule has 0 saturated heterocycles. The number of nitrogens with two attached hydrogens (primary N) is 2. The molecule has 0 aliphatic carbocycles. The molecule has 0 fully saturated rings. The molecule has 0 atom stereocenters. The van der Waals surface area contributed by atoms with E-state index in [9.17, 15) is 0 Å². The zero-order chi connectivity index (χ0) is 17.4. The second-order valence-electron chi connectivity index (χ2n) is 7.44. The van der Waals surface area contributed by atoms with Crippen LogP contribution >= 0.6 is 0 Å². The van der Waals surface area contributed by atoms with E-state index in [1.54, 1.807) is 0 Å². The van der Waals surface area contributed by atoms with Crippen LogP contribution in [0.1, 0.15) is 72.9 Å². The van der Waals surface area contributed by atoms with Crippen molar-refractivity contribution < 1.29 is 0 Å². The van der Waals surface area contributed by atoms with Gasteiger partial charge in [-0.25, -0.2) is 0 Å². The highest BCUT2D eigenvalue weighted by Crippen LogP contribution is 2.29. The Labute approximate surface area is 140 Å². The molecule has 0 amide bonds. The molecule has 0 aliphatic rings. The number of benzene rings is 2. The topological polar surface area (TPSA) is 52.0 Å². The molecule has 124 valence electrons. The second kappa shape index (κ2) is 6.46. The molecule has 4 N–H and O–H groups in total. The monoisotopic (exact) mass is 310 g/mol. The third kappa shape index (κ3) is 3.82. The summed E-state index contributed by atoms with van der Waals surface area (Å²) in [6.07, 6.45) is 0. The lowest BCUT2D eigenvalue weighted by Gasteiger charge is -2.28. The lowest BCUT2D eigenvalue weighted by atomic mass is 9.86. The average molecular weight is 310 g/mol. The Balaban J connectivity index is 2.58. The van der Waals surface area contributed by atoms with Gasteiger partial charge in [0, 0.05) is 0 Å². The summed E-state index contributed by atoms with van der Waals surface area (Å²) in [7, 11) is 0. The summed E-state index contributed by atoms with van der Waals surface area (Å²) in [5, 5.41) is 0. The summed E-state index contributed by atoms with van der Waals surface area (Å²) in [4.78, 5) is 0. The van der Waals surface area contributed by atoms with Gasteiger partial charge >= 0.3 is 0 Å². The third-order valence-electron chi connectivity index (χ3n) is 4.49. The fourth-order valence-electron chi connectivity index (χ4n) is 2.94. The summed E-state index contributed by atoms with van der Waals surface area (Å²) < 4.78 is 0. The fourth-order valence-corrected chi connectivity index (χ4v) is 2.94. The SMILES string of the molecule is Cc1cc(C(C)C)cc(C(N)(N)c2cc(C)cc(C(C)C)c2)c1. The smallest absolute Gasteiger partial charge is 0.116 e. The molecule has 23 heavy (non-hydrogen) atoms. The van der Waals surface area contributed by atoms with E-state index in [0.717, 1.165) is 11.1 Å². The summed E-state index contributed by atoms with van der Waals surface area (Å²) in [6, 6.07) is 12.9. The maximum absolute atomic E-state index is 6.61. The van der Waals surface area contributed by atoms with E-state index in [0.29, 0.717) is 11.8 Å². The highest BCUT2D eigenvalue weighted by atomic mass is 15.0. The number of hydrogen-bond donors (Lipinski definition) is 2. The van der Waals surface area contributed by atoms with Crippen LogP contribution in [0.4, 0.5) is 0 Å². The molecule has 2 aromatic rings. The van der Waals surface area contributed by atoms with Gasteiger partial charge in [-0.15, -0.1) is 0 Å². The van der Waals surface area contributed by atoms with Crippen LogP contribution in [0.25, 0.3) is 0 Å². The predicted molar refractivity (Wildman–Crippen MR) is 99.7 cm³/mol. The number of aryl methyl sites for hydroxylation is 2. The Hall–Kier alpha value is -1.64. The van der Waals surface area contributed by atoms with E-state index in [4.69, 9.17) is 11.5 Å². The average Bonchev–Trinajstić information content (AvgIpc) is 2.45. The van der Waals surface area contributed by atoms with Crippen LogP contribution in [0.2, 0.25) is 0 Å². The van der Waals surface area contributed by atoms with Crippen molar-refractivity contribution in [3.8, 4) is 0 Å². The van der Waals surface area contributed by atoms with Crippen molar-refractivity contribution in [1.29, 1.82) is 0 Å². The van der Waals surface area contributed by atoms with E-state index in [1.165, 1.54) is 22.3 Å². The van der Waals surface area contributed by atoms with E-state index < -0.39 is 5.66 Å². The summed E-state index contributed by atoms with van der Waals surface area (Å²) in [5.74, 6) is 0.904. The van der Waals surface area contributed by atoms with Crippen LogP contribution in [0.5, 0.6) is 0 Å². The van der Waals surface area contributed by atoms with Crippen molar-refractivity contribution >= 4 is 0 Å². The van der Waals surface area contributed by atoms with Gasteiger partial charge in [0.05, 0.1) is 0 Å². The summed E-state index contributed by atoms with van der Waals surface area (Å²) >= 11 is 0. The van der Waals surface area contributed by atoms with E-state index in [1.807, 2.05) is 0 Å². The molecule has 0 saturated carbocycles. The van der Waals surface area contributed by atoms with Gasteiger partial charge in [-0.2, -0.15) is 0 Å².